The zero-order chi connectivity index (χ0) is 12.4. The Kier molecular flexibility index (Phi) is 3.59. The fraction of sp³-hybridized carbons (Fsp3) is 0.500. The Bertz CT molecular complexity index is 450. The van der Waals surface area contributed by atoms with Crippen LogP contribution in [0.15, 0.2) is 18.2 Å². The highest BCUT2D eigenvalue weighted by Gasteiger charge is 2.23. The lowest BCUT2D eigenvalue weighted by Crippen LogP contribution is -2.40. The molecule has 1 heterocycles. The summed E-state index contributed by atoms with van der Waals surface area (Å²) in [5.41, 5.74) is 1.68. The van der Waals surface area contributed by atoms with Crippen LogP contribution in [0.1, 0.15) is 32.3 Å². The summed E-state index contributed by atoms with van der Waals surface area (Å²) >= 11 is 6.08. The summed E-state index contributed by atoms with van der Waals surface area (Å²) in [6, 6.07) is 8.35. The number of nitriles is 1. The van der Waals surface area contributed by atoms with Gasteiger partial charge in [-0.3, -0.25) is 0 Å². The van der Waals surface area contributed by atoms with Gasteiger partial charge < -0.3 is 4.90 Å². The summed E-state index contributed by atoms with van der Waals surface area (Å²) < 4.78 is 0. The fourth-order valence-corrected chi connectivity index (χ4v) is 2.78. The van der Waals surface area contributed by atoms with Crippen molar-refractivity contribution in [2.75, 3.05) is 11.4 Å². The van der Waals surface area contributed by atoms with E-state index in [0.717, 1.165) is 18.2 Å². The van der Waals surface area contributed by atoms with Gasteiger partial charge in [-0.25, -0.2) is 0 Å². The van der Waals surface area contributed by atoms with E-state index >= 15 is 0 Å². The minimum absolute atomic E-state index is 0.544. The average Bonchev–Trinajstić information content (AvgIpc) is 2.29. The van der Waals surface area contributed by atoms with E-state index in [1.807, 2.05) is 18.2 Å². The Hall–Kier alpha value is -1.20. The molecule has 0 spiro atoms. The van der Waals surface area contributed by atoms with Gasteiger partial charge in [0, 0.05) is 18.3 Å². The molecule has 2 rings (SSSR count). The number of hydrogen-bond acceptors (Lipinski definition) is 2. The van der Waals surface area contributed by atoms with E-state index in [9.17, 15) is 0 Å². The van der Waals surface area contributed by atoms with Crippen molar-refractivity contribution in [2.24, 2.45) is 5.92 Å². The molecule has 0 saturated carbocycles. The molecule has 0 N–H and O–H groups in total. The molecule has 90 valence electrons. The number of rotatable bonds is 1. The minimum atomic E-state index is 0.544. The van der Waals surface area contributed by atoms with Crippen LogP contribution in [0.25, 0.3) is 0 Å². The van der Waals surface area contributed by atoms with Crippen molar-refractivity contribution >= 4 is 17.3 Å². The SMILES string of the molecule is CC1CCN(c2ccc(C#N)c(Cl)c2)C(C)C1. The number of piperidine rings is 1. The molecule has 0 aromatic heterocycles. The number of nitrogens with zero attached hydrogens (tertiary/aromatic N) is 2. The highest BCUT2D eigenvalue weighted by Crippen LogP contribution is 2.30. The summed E-state index contributed by atoms with van der Waals surface area (Å²) in [7, 11) is 0. The van der Waals surface area contributed by atoms with Crippen LogP contribution >= 0.6 is 11.6 Å². The molecule has 1 saturated heterocycles. The van der Waals surface area contributed by atoms with Crippen LogP contribution in [-0.4, -0.2) is 12.6 Å². The van der Waals surface area contributed by atoms with Crippen LogP contribution in [0.3, 0.4) is 0 Å². The Morgan fingerprint density at radius 1 is 1.41 bits per heavy atom. The normalized spacial score (nSPS) is 24.5. The molecule has 2 unspecified atom stereocenters. The minimum Gasteiger partial charge on any atom is -0.369 e. The molecule has 1 aromatic rings. The molecule has 0 aliphatic carbocycles. The highest BCUT2D eigenvalue weighted by molar-refractivity contribution is 6.32. The zero-order valence-corrected chi connectivity index (χ0v) is 11.0. The first-order valence-electron chi connectivity index (χ1n) is 6.08. The van der Waals surface area contributed by atoms with Gasteiger partial charge in [0.05, 0.1) is 10.6 Å². The second kappa shape index (κ2) is 4.98. The second-order valence-electron chi connectivity index (χ2n) is 4.95. The van der Waals surface area contributed by atoms with Gasteiger partial charge in [0.1, 0.15) is 6.07 Å². The molecule has 2 nitrogen and oxygen atoms in total. The van der Waals surface area contributed by atoms with E-state index in [2.05, 4.69) is 24.8 Å². The Balaban J connectivity index is 2.23. The van der Waals surface area contributed by atoms with E-state index in [4.69, 9.17) is 16.9 Å². The van der Waals surface area contributed by atoms with E-state index in [-0.39, 0.29) is 0 Å². The predicted octanol–water partition coefficient (Wildman–Crippen LogP) is 3.84. The maximum atomic E-state index is 8.86. The molecule has 1 fully saturated rings. The van der Waals surface area contributed by atoms with Gasteiger partial charge in [0.25, 0.3) is 0 Å². The number of benzene rings is 1. The van der Waals surface area contributed by atoms with Crippen molar-refractivity contribution in [3.8, 4) is 6.07 Å². The quantitative estimate of drug-likeness (QED) is 0.755. The van der Waals surface area contributed by atoms with E-state index in [1.165, 1.54) is 12.8 Å². The standard InChI is InChI=1S/C14H17ClN2/c1-10-5-6-17(11(2)7-10)13-4-3-12(9-16)14(15)8-13/h3-4,8,10-11H,5-7H2,1-2H3. The van der Waals surface area contributed by atoms with Gasteiger partial charge >= 0.3 is 0 Å². The van der Waals surface area contributed by atoms with Gasteiger partial charge in [-0.2, -0.15) is 5.26 Å². The fourth-order valence-electron chi connectivity index (χ4n) is 2.56. The molecule has 1 aliphatic heterocycles. The van der Waals surface area contributed by atoms with Crippen molar-refractivity contribution in [3.05, 3.63) is 28.8 Å². The molecule has 3 heteroatoms. The zero-order valence-electron chi connectivity index (χ0n) is 10.3. The van der Waals surface area contributed by atoms with Crippen LogP contribution in [0, 0.1) is 17.2 Å². The van der Waals surface area contributed by atoms with Crippen LogP contribution in [0.4, 0.5) is 5.69 Å². The predicted molar refractivity (Wildman–Crippen MR) is 71.4 cm³/mol. The summed E-state index contributed by atoms with van der Waals surface area (Å²) in [6.07, 6.45) is 2.44. The highest BCUT2D eigenvalue weighted by atomic mass is 35.5. The maximum Gasteiger partial charge on any atom is 0.101 e. The van der Waals surface area contributed by atoms with Gasteiger partial charge in [-0.15, -0.1) is 0 Å². The smallest absolute Gasteiger partial charge is 0.101 e. The molecular formula is C14H17ClN2. The molecule has 1 aromatic carbocycles. The Morgan fingerprint density at radius 2 is 2.18 bits per heavy atom. The van der Waals surface area contributed by atoms with Crippen LogP contribution in [0.5, 0.6) is 0 Å². The van der Waals surface area contributed by atoms with E-state index in [0.29, 0.717) is 16.6 Å². The second-order valence-corrected chi connectivity index (χ2v) is 5.36. The van der Waals surface area contributed by atoms with E-state index < -0.39 is 0 Å². The molecular weight excluding hydrogens is 232 g/mol. The topological polar surface area (TPSA) is 27.0 Å². The van der Waals surface area contributed by atoms with Gasteiger partial charge in [0.2, 0.25) is 0 Å². The first kappa shape index (κ1) is 12.3. The molecule has 1 aliphatic rings. The Labute approximate surface area is 108 Å². The van der Waals surface area contributed by atoms with Crippen molar-refractivity contribution in [1.82, 2.24) is 0 Å². The van der Waals surface area contributed by atoms with Crippen LogP contribution in [-0.2, 0) is 0 Å². The van der Waals surface area contributed by atoms with Crippen LogP contribution < -0.4 is 4.90 Å². The molecule has 2 atom stereocenters. The lowest BCUT2D eigenvalue weighted by atomic mass is 9.93. The number of hydrogen-bond donors (Lipinski definition) is 0. The lowest BCUT2D eigenvalue weighted by Gasteiger charge is -2.38. The van der Waals surface area contributed by atoms with E-state index in [1.54, 1.807) is 0 Å². The van der Waals surface area contributed by atoms with Crippen molar-refractivity contribution < 1.29 is 0 Å². The molecule has 17 heavy (non-hydrogen) atoms. The summed E-state index contributed by atoms with van der Waals surface area (Å²) in [5, 5.41) is 9.41. The molecule has 0 bridgehead atoms. The summed E-state index contributed by atoms with van der Waals surface area (Å²) in [6.45, 7) is 5.63. The van der Waals surface area contributed by atoms with Crippen molar-refractivity contribution in [3.63, 3.8) is 0 Å². The number of halogens is 1. The first-order chi connectivity index (χ1) is 8.11. The number of anilines is 1. The largest absolute Gasteiger partial charge is 0.369 e. The third-order valence-corrected chi connectivity index (χ3v) is 3.86. The molecule has 0 amide bonds. The first-order valence-corrected chi connectivity index (χ1v) is 6.46. The average molecular weight is 249 g/mol. The third-order valence-electron chi connectivity index (χ3n) is 3.54. The lowest BCUT2D eigenvalue weighted by molar-refractivity contribution is 0.378. The van der Waals surface area contributed by atoms with Gasteiger partial charge in [0.15, 0.2) is 0 Å². The summed E-state index contributed by atoms with van der Waals surface area (Å²) in [4.78, 5) is 2.38. The summed E-state index contributed by atoms with van der Waals surface area (Å²) in [5.74, 6) is 0.801. The van der Waals surface area contributed by atoms with Crippen LogP contribution in [0.2, 0.25) is 5.02 Å². The Morgan fingerprint density at radius 3 is 2.76 bits per heavy atom. The monoisotopic (exact) mass is 248 g/mol. The van der Waals surface area contributed by atoms with Crippen molar-refractivity contribution in [1.29, 1.82) is 5.26 Å². The van der Waals surface area contributed by atoms with Gasteiger partial charge in [-0.1, -0.05) is 18.5 Å². The third kappa shape index (κ3) is 2.56. The maximum absolute atomic E-state index is 8.86. The van der Waals surface area contributed by atoms with Gasteiger partial charge in [-0.05, 0) is 43.9 Å². The molecule has 0 radical (unpaired) electrons. The van der Waals surface area contributed by atoms with Crippen molar-refractivity contribution in [2.45, 2.75) is 32.7 Å².